The zero-order valence-corrected chi connectivity index (χ0v) is 19.9. The Bertz CT molecular complexity index is 884. The van der Waals surface area contributed by atoms with Crippen molar-refractivity contribution in [2.24, 2.45) is 5.92 Å². The zero-order chi connectivity index (χ0) is 23.9. The second-order valence-electron chi connectivity index (χ2n) is 9.83. The van der Waals surface area contributed by atoms with Gasteiger partial charge in [0.15, 0.2) is 0 Å². The summed E-state index contributed by atoms with van der Waals surface area (Å²) in [5.41, 5.74) is 0.991. The number of piperazine rings is 2. The first-order chi connectivity index (χ1) is 16.5. The molecule has 0 unspecified atom stereocenters. The molecule has 4 amide bonds. The first kappa shape index (κ1) is 24.2. The van der Waals surface area contributed by atoms with Gasteiger partial charge in [0.25, 0.3) is 0 Å². The van der Waals surface area contributed by atoms with Crippen LogP contribution in [0.3, 0.4) is 0 Å². The lowest BCUT2D eigenvalue weighted by Crippen LogP contribution is -2.57. The predicted octanol–water partition coefficient (Wildman–Crippen LogP) is 1.93. The fourth-order valence-electron chi connectivity index (χ4n) is 5.40. The van der Waals surface area contributed by atoms with Crippen molar-refractivity contribution in [1.29, 1.82) is 0 Å². The summed E-state index contributed by atoms with van der Waals surface area (Å²) < 4.78 is 0. The van der Waals surface area contributed by atoms with Gasteiger partial charge >= 0.3 is 23.6 Å². The minimum Gasteiger partial charge on any atom is -0.346 e. The van der Waals surface area contributed by atoms with Gasteiger partial charge in [-0.15, -0.1) is 0 Å². The average Bonchev–Trinajstić information content (AvgIpc) is 2.86. The quantitative estimate of drug-likeness (QED) is 0.443. The number of unbranched alkanes of at least 4 members (excludes halogenated alkanes) is 1. The van der Waals surface area contributed by atoms with Crippen molar-refractivity contribution < 1.29 is 19.2 Å². The Morgan fingerprint density at radius 2 is 1.53 bits per heavy atom. The third kappa shape index (κ3) is 5.96. The molecule has 2 aliphatic heterocycles. The number of hydrogen-bond donors (Lipinski definition) is 1. The van der Waals surface area contributed by atoms with Crippen LogP contribution >= 0.6 is 0 Å². The van der Waals surface area contributed by atoms with Gasteiger partial charge < -0.3 is 20.0 Å². The highest BCUT2D eigenvalue weighted by Crippen LogP contribution is 2.25. The molecule has 4 rings (SSSR count). The second-order valence-corrected chi connectivity index (χ2v) is 9.83. The Kier molecular flexibility index (Phi) is 8.19. The molecule has 3 fully saturated rings. The number of carbonyl (C=O) groups is 4. The van der Waals surface area contributed by atoms with Crippen LogP contribution in [0.1, 0.15) is 56.9 Å². The van der Waals surface area contributed by atoms with E-state index in [4.69, 9.17) is 0 Å². The molecule has 0 aromatic heterocycles. The molecule has 1 aromatic rings. The van der Waals surface area contributed by atoms with Gasteiger partial charge in [-0.3, -0.25) is 19.2 Å². The van der Waals surface area contributed by atoms with Gasteiger partial charge in [0, 0.05) is 45.3 Å². The lowest BCUT2D eigenvalue weighted by Gasteiger charge is -2.37. The van der Waals surface area contributed by atoms with E-state index >= 15 is 0 Å². The normalized spacial score (nSPS) is 22.4. The van der Waals surface area contributed by atoms with E-state index in [9.17, 15) is 19.2 Å². The summed E-state index contributed by atoms with van der Waals surface area (Å²) in [6.07, 6.45) is 8.37. The van der Waals surface area contributed by atoms with E-state index in [0.717, 1.165) is 44.2 Å². The van der Waals surface area contributed by atoms with Crippen molar-refractivity contribution in [3.8, 4) is 0 Å². The van der Waals surface area contributed by atoms with Crippen LogP contribution in [0, 0.1) is 5.92 Å². The number of nitrogens with one attached hydrogen (secondary N) is 1. The summed E-state index contributed by atoms with van der Waals surface area (Å²) >= 11 is 0. The smallest absolute Gasteiger partial charge is 0.312 e. The number of rotatable bonds is 9. The first-order valence-electron chi connectivity index (χ1n) is 12.7. The van der Waals surface area contributed by atoms with E-state index in [1.807, 2.05) is 30.3 Å². The molecule has 184 valence electrons. The SMILES string of the molecule is O=C1NC[C@H](CCCCN2CCN(CC3CCCCC3)C(=O)C2=O)N(Cc2ccccc2)C1=O. The molecule has 8 heteroatoms. The van der Waals surface area contributed by atoms with Crippen LogP contribution in [-0.2, 0) is 25.7 Å². The Balaban J connectivity index is 1.23. The maximum absolute atomic E-state index is 12.6. The lowest BCUT2D eigenvalue weighted by atomic mass is 9.89. The molecule has 1 aliphatic carbocycles. The van der Waals surface area contributed by atoms with E-state index in [1.54, 1.807) is 14.7 Å². The molecule has 1 N–H and O–H groups in total. The minimum absolute atomic E-state index is 0.0740. The van der Waals surface area contributed by atoms with Gasteiger partial charge in [-0.05, 0) is 43.6 Å². The highest BCUT2D eigenvalue weighted by molar-refractivity contribution is 6.36. The van der Waals surface area contributed by atoms with Gasteiger partial charge in [-0.2, -0.15) is 0 Å². The van der Waals surface area contributed by atoms with Crippen LogP contribution in [0.15, 0.2) is 30.3 Å². The van der Waals surface area contributed by atoms with Crippen LogP contribution in [-0.4, -0.2) is 77.1 Å². The van der Waals surface area contributed by atoms with Crippen LogP contribution < -0.4 is 5.32 Å². The molecule has 0 bridgehead atoms. The van der Waals surface area contributed by atoms with Gasteiger partial charge in [-0.1, -0.05) is 49.6 Å². The molecular weight excluding hydrogens is 432 g/mol. The maximum Gasteiger partial charge on any atom is 0.312 e. The monoisotopic (exact) mass is 468 g/mol. The Labute approximate surface area is 201 Å². The molecule has 1 atom stereocenters. The Morgan fingerprint density at radius 1 is 0.824 bits per heavy atom. The number of amides is 4. The van der Waals surface area contributed by atoms with Crippen molar-refractivity contribution in [3.63, 3.8) is 0 Å². The fraction of sp³-hybridized carbons (Fsp3) is 0.615. The summed E-state index contributed by atoms with van der Waals surface area (Å²) in [6, 6.07) is 9.60. The predicted molar refractivity (Wildman–Crippen MR) is 127 cm³/mol. The van der Waals surface area contributed by atoms with E-state index in [2.05, 4.69) is 5.32 Å². The topological polar surface area (TPSA) is 90.0 Å². The Hall–Kier alpha value is -2.90. The van der Waals surface area contributed by atoms with Gasteiger partial charge in [0.2, 0.25) is 0 Å². The lowest BCUT2D eigenvalue weighted by molar-refractivity contribution is -0.156. The summed E-state index contributed by atoms with van der Waals surface area (Å²) in [4.78, 5) is 54.8. The fourth-order valence-corrected chi connectivity index (χ4v) is 5.40. The zero-order valence-electron chi connectivity index (χ0n) is 19.9. The van der Waals surface area contributed by atoms with E-state index < -0.39 is 11.8 Å². The highest BCUT2D eigenvalue weighted by Gasteiger charge is 2.35. The molecule has 8 nitrogen and oxygen atoms in total. The van der Waals surface area contributed by atoms with Crippen molar-refractivity contribution in [2.45, 2.75) is 64.0 Å². The van der Waals surface area contributed by atoms with Gasteiger partial charge in [-0.25, -0.2) is 0 Å². The first-order valence-corrected chi connectivity index (χ1v) is 12.7. The van der Waals surface area contributed by atoms with E-state index in [-0.39, 0.29) is 17.9 Å². The van der Waals surface area contributed by atoms with Crippen molar-refractivity contribution in [2.75, 3.05) is 32.7 Å². The van der Waals surface area contributed by atoms with Crippen molar-refractivity contribution in [1.82, 2.24) is 20.0 Å². The molecule has 0 radical (unpaired) electrons. The molecule has 2 saturated heterocycles. The maximum atomic E-state index is 12.6. The number of nitrogens with zero attached hydrogens (tertiary/aromatic N) is 3. The molecular formula is C26H36N4O4. The molecule has 0 spiro atoms. The molecule has 34 heavy (non-hydrogen) atoms. The molecule has 3 aliphatic rings. The Morgan fingerprint density at radius 3 is 2.29 bits per heavy atom. The number of carbonyl (C=O) groups excluding carboxylic acids is 4. The second kappa shape index (κ2) is 11.5. The highest BCUT2D eigenvalue weighted by atomic mass is 16.2. The molecule has 1 aromatic carbocycles. The third-order valence-electron chi connectivity index (χ3n) is 7.41. The number of hydrogen-bond acceptors (Lipinski definition) is 4. The van der Waals surface area contributed by atoms with Crippen molar-refractivity contribution >= 4 is 23.6 Å². The van der Waals surface area contributed by atoms with Gasteiger partial charge in [0.05, 0.1) is 0 Å². The molecule has 1 saturated carbocycles. The standard InChI is InChI=1S/C26H36N4O4/c31-23-24(32)30(19-21-11-5-2-6-12-21)22(17-27-23)13-7-8-14-28-15-16-29(26(34)25(28)33)18-20-9-3-1-4-10-20/h2,5-6,11-12,20,22H,1,3-4,7-10,13-19H2,(H,27,31)/t22-/m0/s1. The van der Waals surface area contributed by atoms with Crippen LogP contribution in [0.25, 0.3) is 0 Å². The number of benzene rings is 1. The third-order valence-corrected chi connectivity index (χ3v) is 7.41. The van der Waals surface area contributed by atoms with E-state index in [1.165, 1.54) is 19.3 Å². The van der Waals surface area contributed by atoms with Crippen LogP contribution in [0.5, 0.6) is 0 Å². The average molecular weight is 469 g/mol. The largest absolute Gasteiger partial charge is 0.346 e. The molecule has 2 heterocycles. The van der Waals surface area contributed by atoms with Crippen LogP contribution in [0.4, 0.5) is 0 Å². The summed E-state index contributed by atoms with van der Waals surface area (Å²) in [6.45, 7) is 3.33. The van der Waals surface area contributed by atoms with E-state index in [0.29, 0.717) is 38.6 Å². The van der Waals surface area contributed by atoms with Gasteiger partial charge in [0.1, 0.15) is 0 Å². The summed E-state index contributed by atoms with van der Waals surface area (Å²) in [5, 5.41) is 2.69. The summed E-state index contributed by atoms with van der Waals surface area (Å²) in [5.74, 6) is -1.24. The summed E-state index contributed by atoms with van der Waals surface area (Å²) in [7, 11) is 0. The van der Waals surface area contributed by atoms with Crippen molar-refractivity contribution in [3.05, 3.63) is 35.9 Å². The minimum atomic E-state index is -0.553. The van der Waals surface area contributed by atoms with Crippen LogP contribution in [0.2, 0.25) is 0 Å².